The zero-order valence-electron chi connectivity index (χ0n) is 15.4. The molecule has 9 heteroatoms. The number of methoxy groups -OCH3 is 1. The number of anilines is 1. The molecule has 1 heterocycles. The van der Waals surface area contributed by atoms with E-state index in [1.807, 2.05) is 0 Å². The van der Waals surface area contributed by atoms with Crippen molar-refractivity contribution in [2.75, 3.05) is 63.6 Å². The largest absolute Gasteiger partial charge is 0.497 e. The van der Waals surface area contributed by atoms with Gasteiger partial charge in [-0.25, -0.2) is 8.42 Å². The number of hydrogen-bond donors (Lipinski definition) is 2. The number of quaternary nitrogens is 1. The highest BCUT2D eigenvalue weighted by Crippen LogP contribution is 2.22. The molecule has 8 nitrogen and oxygen atoms in total. The van der Waals surface area contributed by atoms with E-state index in [1.54, 1.807) is 24.3 Å². The Morgan fingerprint density at radius 2 is 2.08 bits per heavy atom. The number of carbonyl (C=O) groups excluding carboxylic acids is 1. The zero-order valence-corrected chi connectivity index (χ0v) is 16.2. The van der Waals surface area contributed by atoms with Crippen molar-refractivity contribution in [2.24, 2.45) is 0 Å². The molecule has 1 aliphatic rings. The van der Waals surface area contributed by atoms with Gasteiger partial charge in [0.25, 0.3) is 0 Å². The fourth-order valence-electron chi connectivity index (χ4n) is 2.83. The van der Waals surface area contributed by atoms with Crippen molar-refractivity contribution in [3.05, 3.63) is 24.3 Å². The van der Waals surface area contributed by atoms with Crippen LogP contribution in [0.2, 0.25) is 0 Å². The van der Waals surface area contributed by atoms with E-state index in [2.05, 4.69) is 5.32 Å². The number of rotatable bonds is 9. The summed E-state index contributed by atoms with van der Waals surface area (Å²) in [6, 6.07) is 6.64. The fourth-order valence-corrected chi connectivity index (χ4v) is 3.68. The second-order valence-electron chi connectivity index (χ2n) is 6.29. The Morgan fingerprint density at radius 3 is 2.73 bits per heavy atom. The summed E-state index contributed by atoms with van der Waals surface area (Å²) in [5.74, 6) is 0.209. The summed E-state index contributed by atoms with van der Waals surface area (Å²) in [6.07, 6.45) is 1.93. The molecule has 2 rings (SSSR count). The number of benzene rings is 1. The highest BCUT2D eigenvalue weighted by molar-refractivity contribution is 7.92. The van der Waals surface area contributed by atoms with Crippen LogP contribution in [0.15, 0.2) is 24.3 Å². The molecule has 0 atom stereocenters. The van der Waals surface area contributed by atoms with Crippen LogP contribution in [0, 0.1) is 0 Å². The van der Waals surface area contributed by atoms with Crippen LogP contribution in [-0.4, -0.2) is 73.6 Å². The maximum Gasteiger partial charge on any atom is 0.240 e. The second-order valence-corrected chi connectivity index (χ2v) is 8.19. The molecule has 0 aliphatic carbocycles. The van der Waals surface area contributed by atoms with E-state index >= 15 is 0 Å². The first kappa shape index (κ1) is 20.5. The number of ether oxygens (including phenoxy) is 2. The lowest BCUT2D eigenvalue weighted by molar-refractivity contribution is -0.908. The Kier molecular flexibility index (Phi) is 7.67. The average molecular weight is 386 g/mol. The molecule has 26 heavy (non-hydrogen) atoms. The van der Waals surface area contributed by atoms with E-state index in [0.29, 0.717) is 18.0 Å². The molecule has 0 unspecified atom stereocenters. The van der Waals surface area contributed by atoms with Crippen molar-refractivity contribution < 1.29 is 27.6 Å². The molecule has 1 aromatic carbocycles. The summed E-state index contributed by atoms with van der Waals surface area (Å²) >= 11 is 0. The van der Waals surface area contributed by atoms with Gasteiger partial charge in [-0.15, -0.1) is 0 Å². The third kappa shape index (κ3) is 6.47. The highest BCUT2D eigenvalue weighted by atomic mass is 32.2. The van der Waals surface area contributed by atoms with Gasteiger partial charge in [-0.3, -0.25) is 9.10 Å². The molecule has 1 saturated heterocycles. The van der Waals surface area contributed by atoms with E-state index in [0.717, 1.165) is 49.8 Å². The predicted molar refractivity (Wildman–Crippen MR) is 99.2 cm³/mol. The van der Waals surface area contributed by atoms with Crippen LogP contribution in [0.25, 0.3) is 0 Å². The van der Waals surface area contributed by atoms with Gasteiger partial charge in [-0.1, -0.05) is 6.07 Å². The Labute approximate surface area is 155 Å². The van der Waals surface area contributed by atoms with Crippen LogP contribution in [-0.2, 0) is 19.6 Å². The molecule has 2 N–H and O–H groups in total. The molecule has 0 radical (unpaired) electrons. The summed E-state index contributed by atoms with van der Waals surface area (Å²) in [5.41, 5.74) is 0.403. The van der Waals surface area contributed by atoms with Crippen LogP contribution in [0.3, 0.4) is 0 Å². The normalized spacial score (nSPS) is 15.5. The fraction of sp³-hybridized carbons (Fsp3) is 0.588. The molecule has 1 aliphatic heterocycles. The number of sulfonamides is 1. The number of nitrogens with one attached hydrogen (secondary N) is 2. The molecule has 1 fully saturated rings. The first-order chi connectivity index (χ1) is 12.4. The van der Waals surface area contributed by atoms with E-state index < -0.39 is 10.0 Å². The molecule has 1 aromatic rings. The van der Waals surface area contributed by atoms with Crippen LogP contribution in [0.5, 0.6) is 5.75 Å². The van der Waals surface area contributed by atoms with Gasteiger partial charge in [0.05, 0.1) is 38.8 Å². The molecule has 146 valence electrons. The number of amides is 1. The minimum absolute atomic E-state index is 0.254. The topological polar surface area (TPSA) is 89.4 Å². The lowest BCUT2D eigenvalue weighted by Crippen LogP contribution is -3.14. The quantitative estimate of drug-likeness (QED) is 0.525. The number of nitrogens with zero attached hydrogens (tertiary/aromatic N) is 1. The molecule has 1 amide bonds. The van der Waals surface area contributed by atoms with Crippen LogP contribution in [0.1, 0.15) is 6.42 Å². The summed E-state index contributed by atoms with van der Waals surface area (Å²) in [6.45, 7) is 4.79. The minimum atomic E-state index is -3.59. The summed E-state index contributed by atoms with van der Waals surface area (Å²) in [4.78, 5) is 13.7. The van der Waals surface area contributed by atoms with E-state index in [-0.39, 0.29) is 12.5 Å². The van der Waals surface area contributed by atoms with Gasteiger partial charge >= 0.3 is 0 Å². The first-order valence-corrected chi connectivity index (χ1v) is 10.5. The van der Waals surface area contributed by atoms with Crippen molar-refractivity contribution >= 4 is 21.6 Å². The maximum absolute atomic E-state index is 12.2. The molecular formula is C17H28N3O5S+. The van der Waals surface area contributed by atoms with Gasteiger partial charge < -0.3 is 19.7 Å². The van der Waals surface area contributed by atoms with Crippen molar-refractivity contribution in [1.29, 1.82) is 0 Å². The Bertz CT molecular complexity index is 689. The van der Waals surface area contributed by atoms with Crippen LogP contribution in [0.4, 0.5) is 5.69 Å². The monoisotopic (exact) mass is 386 g/mol. The number of carbonyl (C=O) groups is 1. The van der Waals surface area contributed by atoms with Crippen molar-refractivity contribution in [3.63, 3.8) is 0 Å². The molecule has 0 spiro atoms. The van der Waals surface area contributed by atoms with Crippen LogP contribution >= 0.6 is 0 Å². The van der Waals surface area contributed by atoms with Crippen molar-refractivity contribution in [1.82, 2.24) is 5.32 Å². The molecule has 0 bridgehead atoms. The highest BCUT2D eigenvalue weighted by Gasteiger charge is 2.21. The van der Waals surface area contributed by atoms with Crippen LogP contribution < -0.4 is 19.3 Å². The van der Waals surface area contributed by atoms with Gasteiger partial charge in [0.2, 0.25) is 15.9 Å². The summed E-state index contributed by atoms with van der Waals surface area (Å²) in [5, 5.41) is 2.80. The van der Waals surface area contributed by atoms with Gasteiger partial charge in [-0.2, -0.15) is 0 Å². The third-order valence-electron chi connectivity index (χ3n) is 4.26. The SMILES string of the molecule is COc1cccc(N(CC(=O)NCCC[NH+]2CCOCC2)S(C)(=O)=O)c1. The standard InChI is InChI=1S/C17H27N3O5S/c1-24-16-6-3-5-15(13-16)20(26(2,22)23)14-17(21)18-7-4-8-19-9-11-25-12-10-19/h3,5-6,13H,4,7-12,14H2,1-2H3,(H,18,21)/p+1. The van der Waals surface area contributed by atoms with E-state index in [9.17, 15) is 13.2 Å². The smallest absolute Gasteiger partial charge is 0.240 e. The molecule has 0 aromatic heterocycles. The van der Waals surface area contributed by atoms with E-state index in [4.69, 9.17) is 9.47 Å². The Hall–Kier alpha value is -1.84. The Balaban J connectivity index is 1.86. The van der Waals surface area contributed by atoms with Gasteiger partial charge in [0.1, 0.15) is 25.4 Å². The average Bonchev–Trinajstić information content (AvgIpc) is 2.63. The molecule has 0 saturated carbocycles. The summed E-state index contributed by atoms with van der Waals surface area (Å²) < 4.78 is 35.7. The zero-order chi connectivity index (χ0) is 19.0. The minimum Gasteiger partial charge on any atom is -0.497 e. The maximum atomic E-state index is 12.2. The van der Waals surface area contributed by atoms with Gasteiger partial charge in [-0.05, 0) is 12.1 Å². The first-order valence-electron chi connectivity index (χ1n) is 8.70. The van der Waals surface area contributed by atoms with Crippen molar-refractivity contribution in [2.45, 2.75) is 6.42 Å². The number of morpholine rings is 1. The van der Waals surface area contributed by atoms with Gasteiger partial charge in [0, 0.05) is 19.0 Å². The summed E-state index contributed by atoms with van der Waals surface area (Å²) in [7, 11) is -2.08. The Morgan fingerprint density at radius 1 is 1.35 bits per heavy atom. The number of hydrogen-bond acceptors (Lipinski definition) is 5. The van der Waals surface area contributed by atoms with E-state index in [1.165, 1.54) is 12.0 Å². The van der Waals surface area contributed by atoms with Gasteiger partial charge in [0.15, 0.2) is 0 Å². The molecular weight excluding hydrogens is 358 g/mol. The lowest BCUT2D eigenvalue weighted by atomic mass is 10.3. The second kappa shape index (κ2) is 9.75. The van der Waals surface area contributed by atoms with Crippen molar-refractivity contribution in [3.8, 4) is 5.75 Å². The third-order valence-corrected chi connectivity index (χ3v) is 5.40. The predicted octanol–water partition coefficient (Wildman–Crippen LogP) is -1.12. The lowest BCUT2D eigenvalue weighted by Gasteiger charge is -2.24.